The van der Waals surface area contributed by atoms with Crippen LogP contribution in [0.4, 0.5) is 4.39 Å². The molecule has 1 saturated heterocycles. The van der Waals surface area contributed by atoms with E-state index in [1.807, 2.05) is 6.92 Å². The van der Waals surface area contributed by atoms with Gasteiger partial charge in [0.1, 0.15) is 5.83 Å². The van der Waals surface area contributed by atoms with E-state index in [4.69, 9.17) is 15.2 Å². The molecule has 0 unspecified atom stereocenters. The van der Waals surface area contributed by atoms with Crippen molar-refractivity contribution in [2.24, 2.45) is 11.1 Å². The maximum atomic E-state index is 13.5. The van der Waals surface area contributed by atoms with Crippen LogP contribution in [0.25, 0.3) is 0 Å². The monoisotopic (exact) mass is 201 g/mol. The van der Waals surface area contributed by atoms with Crippen LogP contribution < -0.4 is 5.73 Å². The van der Waals surface area contributed by atoms with Crippen LogP contribution in [-0.2, 0) is 9.47 Å². The van der Waals surface area contributed by atoms with Gasteiger partial charge in [-0.25, -0.2) is 4.39 Å². The Balaban J connectivity index is 2.22. The van der Waals surface area contributed by atoms with E-state index in [1.165, 1.54) is 0 Å². The van der Waals surface area contributed by atoms with Crippen LogP contribution >= 0.6 is 0 Å². The van der Waals surface area contributed by atoms with Gasteiger partial charge in [-0.3, -0.25) is 0 Å². The third-order valence-corrected chi connectivity index (χ3v) is 3.09. The Kier molecular flexibility index (Phi) is 2.37. The fourth-order valence-electron chi connectivity index (χ4n) is 2.13. The first-order valence-electron chi connectivity index (χ1n) is 4.94. The number of ether oxygens (including phenoxy) is 2. The van der Waals surface area contributed by atoms with Crippen molar-refractivity contribution in [2.75, 3.05) is 19.8 Å². The lowest BCUT2D eigenvalue weighted by atomic mass is 9.76. The maximum Gasteiger partial charge on any atom is 0.172 e. The fourth-order valence-corrected chi connectivity index (χ4v) is 2.13. The summed E-state index contributed by atoms with van der Waals surface area (Å²) in [5.41, 5.74) is 4.96. The van der Waals surface area contributed by atoms with Gasteiger partial charge in [0.05, 0.1) is 13.2 Å². The summed E-state index contributed by atoms with van der Waals surface area (Å²) in [6.07, 6.45) is 2.55. The lowest BCUT2D eigenvalue weighted by Crippen LogP contribution is -2.43. The van der Waals surface area contributed by atoms with E-state index < -0.39 is 11.2 Å². The van der Waals surface area contributed by atoms with Crippen LogP contribution in [0.3, 0.4) is 0 Å². The summed E-state index contributed by atoms with van der Waals surface area (Å²) in [7, 11) is 0. The SMILES string of the molecule is C[C@]1(CN)CC2(CC=C1F)OCCO2. The van der Waals surface area contributed by atoms with E-state index in [0.29, 0.717) is 26.1 Å². The Hall–Kier alpha value is -0.450. The summed E-state index contributed by atoms with van der Waals surface area (Å²) >= 11 is 0. The van der Waals surface area contributed by atoms with Gasteiger partial charge in [-0.05, 0) is 6.08 Å². The average molecular weight is 201 g/mol. The molecular formula is C10H16FNO2. The smallest absolute Gasteiger partial charge is 0.172 e. The number of hydrogen-bond donors (Lipinski definition) is 1. The van der Waals surface area contributed by atoms with Crippen LogP contribution in [0.2, 0.25) is 0 Å². The van der Waals surface area contributed by atoms with Gasteiger partial charge in [-0.1, -0.05) is 6.92 Å². The molecule has 0 radical (unpaired) electrons. The van der Waals surface area contributed by atoms with E-state index >= 15 is 0 Å². The number of nitrogens with two attached hydrogens (primary N) is 1. The normalized spacial score (nSPS) is 36.1. The van der Waals surface area contributed by atoms with Gasteiger partial charge in [0.25, 0.3) is 0 Å². The Labute approximate surface area is 83.1 Å². The highest BCUT2D eigenvalue weighted by molar-refractivity contribution is 5.14. The van der Waals surface area contributed by atoms with Gasteiger partial charge in [0.15, 0.2) is 5.79 Å². The molecule has 1 aliphatic carbocycles. The molecule has 0 bridgehead atoms. The predicted octanol–water partition coefficient (Wildman–Crippen LogP) is 1.34. The first-order valence-corrected chi connectivity index (χ1v) is 4.94. The van der Waals surface area contributed by atoms with Crippen molar-refractivity contribution in [1.82, 2.24) is 0 Å². The Morgan fingerprint density at radius 2 is 2.14 bits per heavy atom. The molecule has 1 aliphatic heterocycles. The second-order valence-corrected chi connectivity index (χ2v) is 4.31. The summed E-state index contributed by atoms with van der Waals surface area (Å²) in [4.78, 5) is 0. The molecule has 1 fully saturated rings. The molecule has 1 heterocycles. The van der Waals surface area contributed by atoms with Crippen molar-refractivity contribution in [1.29, 1.82) is 0 Å². The van der Waals surface area contributed by atoms with Crippen molar-refractivity contribution in [2.45, 2.75) is 25.6 Å². The highest BCUT2D eigenvalue weighted by Gasteiger charge is 2.47. The number of rotatable bonds is 1. The molecule has 0 saturated carbocycles. The molecule has 0 amide bonds. The molecule has 0 aromatic heterocycles. The molecule has 3 nitrogen and oxygen atoms in total. The molecule has 0 aromatic rings. The number of hydrogen-bond acceptors (Lipinski definition) is 3. The quantitative estimate of drug-likeness (QED) is 0.696. The lowest BCUT2D eigenvalue weighted by molar-refractivity contribution is -0.179. The highest BCUT2D eigenvalue weighted by atomic mass is 19.1. The standard InChI is InChI=1S/C10H16FNO2/c1-9(7-12)6-10(3-2-8(9)11)13-4-5-14-10/h2H,3-7,12H2,1H3/t9-/m1/s1. The Morgan fingerprint density at radius 1 is 1.50 bits per heavy atom. The zero-order chi connectivity index (χ0) is 10.2. The molecule has 80 valence electrons. The summed E-state index contributed by atoms with van der Waals surface area (Å²) in [5.74, 6) is -0.742. The van der Waals surface area contributed by atoms with E-state index in [2.05, 4.69) is 0 Å². The topological polar surface area (TPSA) is 44.5 Å². The van der Waals surface area contributed by atoms with Crippen molar-refractivity contribution in [3.63, 3.8) is 0 Å². The minimum absolute atomic E-state index is 0.135. The lowest BCUT2D eigenvalue weighted by Gasteiger charge is -2.39. The maximum absolute atomic E-state index is 13.5. The van der Waals surface area contributed by atoms with Crippen molar-refractivity contribution < 1.29 is 13.9 Å². The molecule has 2 N–H and O–H groups in total. The minimum Gasteiger partial charge on any atom is -0.347 e. The van der Waals surface area contributed by atoms with Crippen LogP contribution in [0, 0.1) is 5.41 Å². The van der Waals surface area contributed by atoms with Crippen LogP contribution in [-0.4, -0.2) is 25.5 Å². The Bertz CT molecular complexity index is 261. The van der Waals surface area contributed by atoms with Crippen LogP contribution in [0.15, 0.2) is 11.9 Å². The van der Waals surface area contributed by atoms with Crippen molar-refractivity contribution >= 4 is 0 Å². The summed E-state index contributed by atoms with van der Waals surface area (Å²) in [6, 6.07) is 0. The van der Waals surface area contributed by atoms with Crippen LogP contribution in [0.5, 0.6) is 0 Å². The largest absolute Gasteiger partial charge is 0.347 e. The molecule has 2 aliphatic rings. The van der Waals surface area contributed by atoms with Crippen LogP contribution in [0.1, 0.15) is 19.8 Å². The summed E-state index contributed by atoms with van der Waals surface area (Å²) < 4.78 is 24.6. The first kappa shape index (κ1) is 10.1. The zero-order valence-corrected chi connectivity index (χ0v) is 8.38. The second-order valence-electron chi connectivity index (χ2n) is 4.31. The van der Waals surface area contributed by atoms with E-state index in [-0.39, 0.29) is 12.4 Å². The number of halogens is 1. The van der Waals surface area contributed by atoms with Gasteiger partial charge in [-0.15, -0.1) is 0 Å². The minimum atomic E-state index is -0.622. The van der Waals surface area contributed by atoms with E-state index in [1.54, 1.807) is 6.08 Å². The molecule has 1 atom stereocenters. The molecular weight excluding hydrogens is 185 g/mol. The van der Waals surface area contributed by atoms with Gasteiger partial charge < -0.3 is 15.2 Å². The molecule has 1 spiro atoms. The highest BCUT2D eigenvalue weighted by Crippen LogP contribution is 2.45. The zero-order valence-electron chi connectivity index (χ0n) is 8.38. The molecule has 2 rings (SSSR count). The first-order chi connectivity index (χ1) is 6.60. The van der Waals surface area contributed by atoms with Crippen molar-refractivity contribution in [3.05, 3.63) is 11.9 Å². The van der Waals surface area contributed by atoms with Crippen molar-refractivity contribution in [3.8, 4) is 0 Å². The summed E-state index contributed by atoms with van der Waals surface area (Å²) in [5, 5.41) is 0. The van der Waals surface area contributed by atoms with Gasteiger partial charge in [0, 0.05) is 24.8 Å². The van der Waals surface area contributed by atoms with Gasteiger partial charge >= 0.3 is 0 Å². The summed E-state index contributed by atoms with van der Waals surface area (Å²) in [6.45, 7) is 3.28. The van der Waals surface area contributed by atoms with Gasteiger partial charge in [0.2, 0.25) is 0 Å². The molecule has 0 aromatic carbocycles. The average Bonchev–Trinajstić information content (AvgIpc) is 2.61. The third kappa shape index (κ3) is 1.47. The third-order valence-electron chi connectivity index (χ3n) is 3.09. The van der Waals surface area contributed by atoms with Gasteiger partial charge in [-0.2, -0.15) is 0 Å². The predicted molar refractivity (Wildman–Crippen MR) is 50.2 cm³/mol. The van der Waals surface area contributed by atoms with E-state index in [9.17, 15) is 4.39 Å². The molecule has 4 heteroatoms. The van der Waals surface area contributed by atoms with E-state index in [0.717, 1.165) is 0 Å². The molecule has 14 heavy (non-hydrogen) atoms. The fraction of sp³-hybridized carbons (Fsp3) is 0.800. The second kappa shape index (κ2) is 3.29. The Morgan fingerprint density at radius 3 is 2.71 bits per heavy atom.